The lowest BCUT2D eigenvalue weighted by Crippen LogP contribution is -2.18. The Morgan fingerprint density at radius 1 is 0.900 bits per heavy atom. The second kappa shape index (κ2) is 8.31. The quantitative estimate of drug-likeness (QED) is 0.617. The highest BCUT2D eigenvalue weighted by Gasteiger charge is 2.15. The summed E-state index contributed by atoms with van der Waals surface area (Å²) in [6.45, 7) is 5.94. The highest BCUT2D eigenvalue weighted by Crippen LogP contribution is 2.24. The molecule has 2 aromatic carbocycles. The molecule has 0 spiro atoms. The Hall–Kier alpha value is -3.13. The maximum absolute atomic E-state index is 12.7. The lowest BCUT2D eigenvalue weighted by atomic mass is 10.1. The van der Waals surface area contributed by atoms with E-state index in [1.165, 1.54) is 12.8 Å². The molecule has 0 amide bonds. The molecule has 8 heteroatoms. The number of benzene rings is 2. The van der Waals surface area contributed by atoms with Crippen LogP contribution < -0.4 is 14.9 Å². The first-order chi connectivity index (χ1) is 14.4. The molecule has 4 rings (SSSR count). The average molecular weight is 424 g/mol. The zero-order valence-corrected chi connectivity index (χ0v) is 17.9. The van der Waals surface area contributed by atoms with Crippen molar-refractivity contribution in [2.45, 2.75) is 31.6 Å². The van der Waals surface area contributed by atoms with Gasteiger partial charge in [-0.15, -0.1) is 5.10 Å². The molecule has 1 aliphatic rings. The molecule has 0 aliphatic carbocycles. The summed E-state index contributed by atoms with van der Waals surface area (Å²) in [5.74, 6) is 0.655. The van der Waals surface area contributed by atoms with E-state index in [1.54, 1.807) is 30.5 Å². The number of hydrogen-bond acceptors (Lipinski definition) is 6. The molecule has 1 fully saturated rings. The Morgan fingerprint density at radius 2 is 1.60 bits per heavy atom. The van der Waals surface area contributed by atoms with Gasteiger partial charge in [0.2, 0.25) is 0 Å². The number of hydrogen-bond donors (Lipinski definition) is 2. The lowest BCUT2D eigenvalue weighted by molar-refractivity contribution is 0.601. The third-order valence-corrected chi connectivity index (χ3v) is 6.69. The topological polar surface area (TPSA) is 87.2 Å². The number of aryl methyl sites for hydroxylation is 2. The highest BCUT2D eigenvalue weighted by molar-refractivity contribution is 7.92. The van der Waals surface area contributed by atoms with Crippen LogP contribution in [0.1, 0.15) is 24.0 Å². The van der Waals surface area contributed by atoms with Crippen LogP contribution >= 0.6 is 0 Å². The number of aromatic nitrogens is 2. The molecule has 1 aromatic heterocycles. The third-order valence-electron chi connectivity index (χ3n) is 5.31. The van der Waals surface area contributed by atoms with Gasteiger partial charge in [0, 0.05) is 30.5 Å². The van der Waals surface area contributed by atoms with Crippen molar-refractivity contribution >= 4 is 32.9 Å². The third kappa shape index (κ3) is 4.54. The molecule has 156 valence electrons. The predicted molar refractivity (Wildman–Crippen MR) is 120 cm³/mol. The molecular formula is C22H25N5O2S. The maximum atomic E-state index is 12.7. The van der Waals surface area contributed by atoms with E-state index in [9.17, 15) is 8.42 Å². The highest BCUT2D eigenvalue weighted by atomic mass is 32.2. The molecule has 0 saturated carbocycles. The van der Waals surface area contributed by atoms with Crippen molar-refractivity contribution in [2.75, 3.05) is 28.0 Å². The molecule has 3 aromatic rings. The van der Waals surface area contributed by atoms with Crippen LogP contribution in [0.3, 0.4) is 0 Å². The van der Waals surface area contributed by atoms with E-state index in [0.717, 1.165) is 35.6 Å². The fraction of sp³-hybridized carbons (Fsp3) is 0.273. The summed E-state index contributed by atoms with van der Waals surface area (Å²) in [6, 6.07) is 14.2. The first-order valence-corrected chi connectivity index (χ1v) is 11.4. The summed E-state index contributed by atoms with van der Waals surface area (Å²) < 4.78 is 27.9. The van der Waals surface area contributed by atoms with Gasteiger partial charge in [0.1, 0.15) is 0 Å². The molecule has 2 N–H and O–H groups in total. The zero-order chi connectivity index (χ0) is 21.1. The van der Waals surface area contributed by atoms with Crippen molar-refractivity contribution in [2.24, 2.45) is 0 Å². The van der Waals surface area contributed by atoms with E-state index >= 15 is 0 Å². The van der Waals surface area contributed by atoms with E-state index < -0.39 is 10.0 Å². The van der Waals surface area contributed by atoms with Crippen molar-refractivity contribution in [3.05, 3.63) is 65.9 Å². The van der Waals surface area contributed by atoms with Gasteiger partial charge in [-0.3, -0.25) is 4.72 Å². The minimum atomic E-state index is -3.64. The molecule has 7 nitrogen and oxygen atoms in total. The lowest BCUT2D eigenvalue weighted by Gasteiger charge is -2.17. The summed E-state index contributed by atoms with van der Waals surface area (Å²) in [4.78, 5) is 2.55. The Balaban J connectivity index is 1.45. The van der Waals surface area contributed by atoms with Gasteiger partial charge in [0.25, 0.3) is 10.0 Å². The van der Waals surface area contributed by atoms with Gasteiger partial charge >= 0.3 is 0 Å². The summed E-state index contributed by atoms with van der Waals surface area (Å²) in [7, 11) is -3.64. The average Bonchev–Trinajstić information content (AvgIpc) is 3.26. The van der Waals surface area contributed by atoms with E-state index in [1.807, 2.05) is 38.1 Å². The van der Waals surface area contributed by atoms with Gasteiger partial charge in [-0.25, -0.2) is 8.42 Å². The first kappa shape index (κ1) is 20.2. The normalized spacial score (nSPS) is 14.0. The number of sulfonamides is 1. The largest absolute Gasteiger partial charge is 0.370 e. The molecule has 1 saturated heterocycles. The van der Waals surface area contributed by atoms with Crippen LogP contribution in [0, 0.1) is 13.8 Å². The van der Waals surface area contributed by atoms with Crippen LogP contribution in [0.4, 0.5) is 22.9 Å². The van der Waals surface area contributed by atoms with E-state index in [2.05, 4.69) is 25.1 Å². The summed E-state index contributed by atoms with van der Waals surface area (Å²) in [6.07, 6.45) is 4.18. The Kier molecular flexibility index (Phi) is 5.59. The van der Waals surface area contributed by atoms with Crippen molar-refractivity contribution in [3.63, 3.8) is 0 Å². The molecule has 0 bridgehead atoms. The fourth-order valence-electron chi connectivity index (χ4n) is 3.43. The zero-order valence-electron chi connectivity index (χ0n) is 17.1. The molecule has 0 unspecified atom stereocenters. The number of rotatable bonds is 6. The van der Waals surface area contributed by atoms with E-state index in [4.69, 9.17) is 0 Å². The summed E-state index contributed by atoms with van der Waals surface area (Å²) in [5.41, 5.74) is 4.35. The smallest absolute Gasteiger partial charge is 0.261 e. The van der Waals surface area contributed by atoms with Gasteiger partial charge in [-0.2, -0.15) is 5.10 Å². The summed E-state index contributed by atoms with van der Waals surface area (Å²) >= 11 is 0. The van der Waals surface area contributed by atoms with E-state index in [-0.39, 0.29) is 4.90 Å². The molecule has 1 aliphatic heterocycles. The van der Waals surface area contributed by atoms with Crippen molar-refractivity contribution < 1.29 is 8.42 Å². The molecule has 30 heavy (non-hydrogen) atoms. The van der Waals surface area contributed by atoms with Gasteiger partial charge in [0.05, 0.1) is 16.8 Å². The fourth-order valence-corrected chi connectivity index (χ4v) is 4.57. The van der Waals surface area contributed by atoms with Gasteiger partial charge < -0.3 is 10.2 Å². The Morgan fingerprint density at radius 3 is 2.30 bits per heavy atom. The Labute approximate surface area is 177 Å². The Bertz CT molecular complexity index is 1140. The molecule has 0 atom stereocenters. The molecular weight excluding hydrogens is 398 g/mol. The van der Waals surface area contributed by atoms with Gasteiger partial charge in [0.15, 0.2) is 5.82 Å². The van der Waals surface area contributed by atoms with Crippen LogP contribution in [0.5, 0.6) is 0 Å². The minimum absolute atomic E-state index is 0.252. The predicted octanol–water partition coefficient (Wildman–Crippen LogP) is 4.24. The maximum Gasteiger partial charge on any atom is 0.261 e. The van der Waals surface area contributed by atoms with Gasteiger partial charge in [-0.05, 0) is 74.2 Å². The minimum Gasteiger partial charge on any atom is -0.370 e. The first-order valence-electron chi connectivity index (χ1n) is 9.95. The number of anilines is 4. The standard InChI is InChI=1S/C22H25N5O2S/c1-16-5-10-21(13-17(16)2)30(28,29)26-19-8-6-18(7-9-19)24-22-14-20(15-23-25-22)27-11-3-4-12-27/h5-10,13-15,26H,3-4,11-12H2,1-2H3,(H,24,25). The number of nitrogens with zero attached hydrogens (tertiary/aromatic N) is 3. The SMILES string of the molecule is Cc1ccc(S(=O)(=O)Nc2ccc(Nc3cc(N4CCCC4)cnn3)cc2)cc1C. The van der Waals surface area contributed by atoms with Gasteiger partial charge in [-0.1, -0.05) is 6.07 Å². The molecule has 0 radical (unpaired) electrons. The van der Waals surface area contributed by atoms with Crippen LogP contribution in [0.25, 0.3) is 0 Å². The van der Waals surface area contributed by atoms with Crippen LogP contribution in [0.15, 0.2) is 59.6 Å². The van der Waals surface area contributed by atoms with Crippen molar-refractivity contribution in [1.82, 2.24) is 10.2 Å². The van der Waals surface area contributed by atoms with Crippen LogP contribution in [-0.2, 0) is 10.0 Å². The van der Waals surface area contributed by atoms with Crippen molar-refractivity contribution in [3.8, 4) is 0 Å². The summed E-state index contributed by atoms with van der Waals surface area (Å²) in [5, 5.41) is 11.5. The van der Waals surface area contributed by atoms with Crippen LogP contribution in [0.2, 0.25) is 0 Å². The second-order valence-corrected chi connectivity index (χ2v) is 9.23. The van der Waals surface area contributed by atoms with Crippen molar-refractivity contribution in [1.29, 1.82) is 0 Å². The molecule has 2 heterocycles. The van der Waals surface area contributed by atoms with E-state index in [0.29, 0.717) is 11.5 Å². The second-order valence-electron chi connectivity index (χ2n) is 7.55. The number of nitrogens with one attached hydrogen (secondary N) is 2. The monoisotopic (exact) mass is 423 g/mol. The van der Waals surface area contributed by atoms with Crippen LogP contribution in [-0.4, -0.2) is 31.7 Å².